The molecule has 2 aromatic carbocycles. The topological polar surface area (TPSA) is 58.3 Å². The van der Waals surface area contributed by atoms with Crippen LogP contribution >= 0.6 is 0 Å². The highest BCUT2D eigenvalue weighted by Gasteiger charge is 2.26. The van der Waals surface area contributed by atoms with Crippen molar-refractivity contribution in [2.75, 3.05) is 0 Å². The van der Waals surface area contributed by atoms with Gasteiger partial charge in [-0.25, -0.2) is 0 Å². The van der Waals surface area contributed by atoms with E-state index in [-0.39, 0.29) is 12.1 Å². The first-order valence-electron chi connectivity index (χ1n) is 8.97. The molecule has 2 unspecified atom stereocenters. The lowest BCUT2D eigenvalue weighted by atomic mass is 9.84. The molecule has 0 heterocycles. The maximum absolute atomic E-state index is 10.5. The van der Waals surface area contributed by atoms with Gasteiger partial charge in [0.25, 0.3) is 0 Å². The molecule has 4 rings (SSSR count). The van der Waals surface area contributed by atoms with Crippen molar-refractivity contribution in [2.45, 2.75) is 38.3 Å². The number of hydrogen-bond acceptors (Lipinski definition) is 3. The molecule has 0 aliphatic heterocycles. The Morgan fingerprint density at radius 3 is 2.92 bits per heavy atom. The Morgan fingerprint density at radius 2 is 2.04 bits per heavy atom. The van der Waals surface area contributed by atoms with Gasteiger partial charge < -0.3 is 16.2 Å². The van der Waals surface area contributed by atoms with Crippen molar-refractivity contribution in [3.63, 3.8) is 0 Å². The summed E-state index contributed by atoms with van der Waals surface area (Å²) >= 11 is 0. The van der Waals surface area contributed by atoms with Gasteiger partial charge in [-0.15, -0.1) is 0 Å². The van der Waals surface area contributed by atoms with Crippen LogP contribution in [0.1, 0.15) is 37.8 Å². The first kappa shape index (κ1) is 16.0. The molecule has 2 atom stereocenters. The summed E-state index contributed by atoms with van der Waals surface area (Å²) in [5, 5.41) is 16.4. The summed E-state index contributed by atoms with van der Waals surface area (Å²) in [6.45, 7) is 2.11. The highest BCUT2D eigenvalue weighted by atomic mass is 16.3. The first-order chi connectivity index (χ1) is 12.1. The highest BCUT2D eigenvalue weighted by Crippen LogP contribution is 2.35. The quantitative estimate of drug-likeness (QED) is 0.778. The van der Waals surface area contributed by atoms with E-state index in [2.05, 4.69) is 42.6 Å². The van der Waals surface area contributed by atoms with E-state index in [9.17, 15) is 5.11 Å². The number of allylic oxidation sites excluding steroid dienone is 3. The minimum atomic E-state index is 0.0195. The van der Waals surface area contributed by atoms with Crippen molar-refractivity contribution in [1.82, 2.24) is 5.32 Å². The van der Waals surface area contributed by atoms with Crippen molar-refractivity contribution in [3.05, 3.63) is 77.0 Å². The van der Waals surface area contributed by atoms with E-state index in [1.54, 1.807) is 6.07 Å². The van der Waals surface area contributed by atoms with Crippen LogP contribution in [0.2, 0.25) is 0 Å². The Morgan fingerprint density at radius 1 is 1.20 bits per heavy atom. The summed E-state index contributed by atoms with van der Waals surface area (Å²) in [5.41, 5.74) is 10.7. The number of rotatable bonds is 3. The third-order valence-electron chi connectivity index (χ3n) is 5.31. The molecule has 0 aromatic heterocycles. The van der Waals surface area contributed by atoms with Gasteiger partial charge in [-0.05, 0) is 54.2 Å². The van der Waals surface area contributed by atoms with E-state index in [4.69, 9.17) is 5.73 Å². The zero-order chi connectivity index (χ0) is 17.4. The van der Waals surface area contributed by atoms with Crippen LogP contribution in [0.5, 0.6) is 5.75 Å². The maximum Gasteiger partial charge on any atom is 0.120 e. The number of benzene rings is 2. The van der Waals surface area contributed by atoms with Crippen LogP contribution in [-0.2, 0) is 0 Å². The second kappa shape index (κ2) is 6.41. The van der Waals surface area contributed by atoms with Gasteiger partial charge in [0.15, 0.2) is 0 Å². The molecule has 2 aliphatic rings. The molecule has 25 heavy (non-hydrogen) atoms. The summed E-state index contributed by atoms with van der Waals surface area (Å²) in [6, 6.07) is 12.2. The number of nitrogens with two attached hydrogens (primary N) is 1. The Hall–Kier alpha value is -2.52. The van der Waals surface area contributed by atoms with E-state index in [1.807, 2.05) is 18.2 Å². The molecular formula is C22H24N2O. The zero-order valence-electron chi connectivity index (χ0n) is 14.5. The summed E-state index contributed by atoms with van der Waals surface area (Å²) < 4.78 is 0. The largest absolute Gasteiger partial charge is 0.508 e. The lowest BCUT2D eigenvalue weighted by Crippen LogP contribution is -2.37. The lowest BCUT2D eigenvalue weighted by molar-refractivity contribution is 0.441. The molecular weight excluding hydrogens is 308 g/mol. The SMILES string of the molecule is CC(NC1CC=CC2=C1C(N)=CCC2)c1c(O)ccc2ccccc12. The average molecular weight is 332 g/mol. The summed E-state index contributed by atoms with van der Waals surface area (Å²) in [4.78, 5) is 0. The predicted molar refractivity (Wildman–Crippen MR) is 103 cm³/mol. The van der Waals surface area contributed by atoms with Gasteiger partial charge in [0, 0.05) is 23.3 Å². The van der Waals surface area contributed by atoms with Gasteiger partial charge in [-0.3, -0.25) is 0 Å². The number of hydrogen-bond donors (Lipinski definition) is 3. The first-order valence-corrected chi connectivity index (χ1v) is 8.97. The van der Waals surface area contributed by atoms with E-state index >= 15 is 0 Å². The molecule has 2 aromatic rings. The Kier molecular flexibility index (Phi) is 4.10. The fourth-order valence-electron chi connectivity index (χ4n) is 4.15. The average Bonchev–Trinajstić information content (AvgIpc) is 2.61. The van der Waals surface area contributed by atoms with Crippen molar-refractivity contribution in [1.29, 1.82) is 0 Å². The zero-order valence-corrected chi connectivity index (χ0v) is 14.5. The number of aromatic hydroxyl groups is 1. The smallest absolute Gasteiger partial charge is 0.120 e. The minimum absolute atomic E-state index is 0.0195. The number of phenolic OH excluding ortho intramolecular Hbond substituents is 1. The van der Waals surface area contributed by atoms with E-state index in [1.165, 1.54) is 11.1 Å². The summed E-state index contributed by atoms with van der Waals surface area (Å²) in [6.07, 6.45) is 9.56. The number of phenols is 1. The van der Waals surface area contributed by atoms with Crippen molar-refractivity contribution >= 4 is 10.8 Å². The van der Waals surface area contributed by atoms with Crippen LogP contribution in [0.3, 0.4) is 0 Å². The fourth-order valence-corrected chi connectivity index (χ4v) is 4.15. The van der Waals surface area contributed by atoms with Crippen molar-refractivity contribution < 1.29 is 5.11 Å². The Balaban J connectivity index is 1.68. The molecule has 0 spiro atoms. The van der Waals surface area contributed by atoms with Gasteiger partial charge in [0.1, 0.15) is 5.75 Å². The van der Waals surface area contributed by atoms with E-state index in [0.717, 1.165) is 41.3 Å². The molecule has 3 heteroatoms. The van der Waals surface area contributed by atoms with Gasteiger partial charge in [0.05, 0.1) is 0 Å². The predicted octanol–water partition coefficient (Wildman–Crippen LogP) is 4.46. The Bertz CT molecular complexity index is 907. The molecule has 0 saturated carbocycles. The second-order valence-electron chi connectivity index (χ2n) is 6.94. The fraction of sp³-hybridized carbons (Fsp3) is 0.273. The normalized spacial score (nSPS) is 21.2. The molecule has 128 valence electrons. The van der Waals surface area contributed by atoms with Gasteiger partial charge in [-0.1, -0.05) is 48.6 Å². The maximum atomic E-state index is 10.5. The third-order valence-corrected chi connectivity index (χ3v) is 5.31. The van der Waals surface area contributed by atoms with Crippen LogP contribution in [0.15, 0.2) is 71.5 Å². The van der Waals surface area contributed by atoms with Crippen LogP contribution in [0.4, 0.5) is 0 Å². The van der Waals surface area contributed by atoms with Crippen LogP contribution in [-0.4, -0.2) is 11.1 Å². The van der Waals surface area contributed by atoms with Gasteiger partial charge in [-0.2, -0.15) is 0 Å². The molecule has 0 fully saturated rings. The summed E-state index contributed by atoms with van der Waals surface area (Å²) in [5.74, 6) is 0.339. The number of fused-ring (bicyclic) bond motifs is 1. The molecule has 2 aliphatic carbocycles. The lowest BCUT2D eigenvalue weighted by Gasteiger charge is -2.32. The van der Waals surface area contributed by atoms with E-state index < -0.39 is 0 Å². The molecule has 3 nitrogen and oxygen atoms in total. The van der Waals surface area contributed by atoms with Gasteiger partial charge in [0.2, 0.25) is 0 Å². The third kappa shape index (κ3) is 2.85. The highest BCUT2D eigenvalue weighted by molar-refractivity contribution is 5.88. The van der Waals surface area contributed by atoms with E-state index in [0.29, 0.717) is 5.75 Å². The minimum Gasteiger partial charge on any atom is -0.508 e. The number of nitrogens with one attached hydrogen (secondary N) is 1. The van der Waals surface area contributed by atoms with Crippen LogP contribution in [0, 0.1) is 0 Å². The summed E-state index contributed by atoms with van der Waals surface area (Å²) in [7, 11) is 0. The van der Waals surface area contributed by atoms with Crippen molar-refractivity contribution in [3.8, 4) is 5.75 Å². The standard InChI is InChI=1S/C22H24N2O/c1-14(21-17-9-3-2-6-15(17)12-13-20(21)25)24-19-11-5-8-16-7-4-10-18(23)22(16)19/h2-3,5-6,8-10,12-14,19,24-25H,4,7,11,23H2,1H3. The monoisotopic (exact) mass is 332 g/mol. The molecule has 0 bridgehead atoms. The van der Waals surface area contributed by atoms with Crippen molar-refractivity contribution in [2.24, 2.45) is 5.73 Å². The molecule has 0 radical (unpaired) electrons. The van der Waals surface area contributed by atoms with Crippen LogP contribution in [0.25, 0.3) is 10.8 Å². The second-order valence-corrected chi connectivity index (χ2v) is 6.94. The van der Waals surface area contributed by atoms with Gasteiger partial charge >= 0.3 is 0 Å². The Labute approximate surface area is 148 Å². The molecule has 0 amide bonds. The molecule has 4 N–H and O–H groups in total. The molecule has 0 saturated heterocycles. The van der Waals surface area contributed by atoms with Crippen LogP contribution < -0.4 is 11.1 Å².